The normalized spacial score (nSPS) is 14.9. The number of hydrogen-bond donors (Lipinski definition) is 8. The van der Waals surface area contributed by atoms with Gasteiger partial charge in [0.15, 0.2) is 5.96 Å². The molecule has 13 heteroatoms. The van der Waals surface area contributed by atoms with Gasteiger partial charge in [-0.2, -0.15) is 0 Å². The number of rotatable bonds is 12. The number of aliphatic hydroxyl groups excluding tert-OH is 1. The molecule has 0 fully saturated rings. The Morgan fingerprint density at radius 1 is 1.28 bits per heavy atom. The molecule has 29 heavy (non-hydrogen) atoms. The van der Waals surface area contributed by atoms with Gasteiger partial charge in [0.1, 0.15) is 12.1 Å². The minimum absolute atomic E-state index is 0.0497. The van der Waals surface area contributed by atoms with Gasteiger partial charge in [0.05, 0.1) is 18.5 Å². The van der Waals surface area contributed by atoms with Crippen LogP contribution in [0.5, 0.6) is 0 Å². The zero-order chi connectivity index (χ0) is 22.0. The Morgan fingerprint density at radius 2 is 1.97 bits per heavy atom. The summed E-state index contributed by atoms with van der Waals surface area (Å²) >= 11 is 0. The highest BCUT2D eigenvalue weighted by molar-refractivity contribution is 5.92. The molecule has 162 valence electrons. The lowest BCUT2D eigenvalue weighted by Crippen LogP contribution is -2.58. The highest BCUT2D eigenvalue weighted by Gasteiger charge is 2.31. The zero-order valence-electron chi connectivity index (χ0n) is 16.0. The number of hydrogen-bond acceptors (Lipinski definition) is 7. The molecule has 0 aromatic carbocycles. The van der Waals surface area contributed by atoms with E-state index in [1.54, 1.807) is 0 Å². The van der Waals surface area contributed by atoms with Gasteiger partial charge in [0, 0.05) is 24.9 Å². The maximum Gasteiger partial charge on any atom is 0.326 e. The molecule has 1 rings (SSSR count). The quantitative estimate of drug-likeness (QED) is 0.0976. The van der Waals surface area contributed by atoms with Crippen LogP contribution in [-0.2, 0) is 20.8 Å². The van der Waals surface area contributed by atoms with Gasteiger partial charge in [-0.05, 0) is 19.8 Å². The number of aliphatic carboxylic acids is 1. The minimum Gasteiger partial charge on any atom is -0.480 e. The number of imidazole rings is 1. The predicted molar refractivity (Wildman–Crippen MR) is 103 cm³/mol. The van der Waals surface area contributed by atoms with E-state index < -0.39 is 42.0 Å². The zero-order valence-corrected chi connectivity index (χ0v) is 16.0. The summed E-state index contributed by atoms with van der Waals surface area (Å²) in [5.74, 6) is -2.87. The van der Waals surface area contributed by atoms with Crippen LogP contribution in [0.15, 0.2) is 17.5 Å². The number of carboxylic acid groups (broad SMARTS) is 1. The van der Waals surface area contributed by atoms with Crippen LogP contribution in [0.4, 0.5) is 0 Å². The Hall–Kier alpha value is -3.19. The fourth-order valence-electron chi connectivity index (χ4n) is 2.39. The van der Waals surface area contributed by atoms with Crippen LogP contribution in [0.25, 0.3) is 0 Å². The van der Waals surface area contributed by atoms with Gasteiger partial charge in [-0.25, -0.2) is 9.78 Å². The summed E-state index contributed by atoms with van der Waals surface area (Å²) in [5, 5.41) is 23.8. The van der Waals surface area contributed by atoms with E-state index in [1.165, 1.54) is 19.4 Å². The molecule has 1 aromatic heterocycles. The SMILES string of the molecule is CC(O)C(NC(=O)C(N)CCCN=C(N)N)C(=O)NC(Cc1cnc[nH]1)C(=O)O. The van der Waals surface area contributed by atoms with Crippen LogP contribution in [0.2, 0.25) is 0 Å². The lowest BCUT2D eigenvalue weighted by Gasteiger charge is -2.24. The van der Waals surface area contributed by atoms with E-state index in [0.29, 0.717) is 12.1 Å². The molecular weight excluding hydrogens is 384 g/mol. The first-order valence-corrected chi connectivity index (χ1v) is 8.91. The van der Waals surface area contributed by atoms with Gasteiger partial charge in [0.25, 0.3) is 0 Å². The van der Waals surface area contributed by atoms with Crippen molar-refractivity contribution >= 4 is 23.7 Å². The summed E-state index contributed by atoms with van der Waals surface area (Å²) in [6, 6.07) is -3.62. The highest BCUT2D eigenvalue weighted by Crippen LogP contribution is 2.03. The van der Waals surface area contributed by atoms with Crippen molar-refractivity contribution in [2.24, 2.45) is 22.2 Å². The molecule has 0 bridgehead atoms. The third-order valence-electron chi connectivity index (χ3n) is 3.96. The van der Waals surface area contributed by atoms with Gasteiger partial charge in [-0.3, -0.25) is 14.6 Å². The van der Waals surface area contributed by atoms with E-state index >= 15 is 0 Å². The van der Waals surface area contributed by atoms with Crippen molar-refractivity contribution in [3.63, 3.8) is 0 Å². The number of amides is 2. The second-order valence-corrected chi connectivity index (χ2v) is 6.46. The first-order valence-electron chi connectivity index (χ1n) is 8.91. The average Bonchev–Trinajstić information content (AvgIpc) is 3.14. The van der Waals surface area contributed by atoms with E-state index in [0.717, 1.165) is 0 Å². The number of nitrogens with two attached hydrogens (primary N) is 3. The Morgan fingerprint density at radius 3 is 2.48 bits per heavy atom. The number of aromatic amines is 1. The highest BCUT2D eigenvalue weighted by atomic mass is 16.4. The molecule has 0 aliphatic carbocycles. The van der Waals surface area contributed by atoms with E-state index in [4.69, 9.17) is 17.2 Å². The first-order chi connectivity index (χ1) is 13.6. The second-order valence-electron chi connectivity index (χ2n) is 6.46. The molecule has 0 aliphatic rings. The third-order valence-corrected chi connectivity index (χ3v) is 3.96. The maximum atomic E-state index is 12.5. The summed E-state index contributed by atoms with van der Waals surface area (Å²) < 4.78 is 0. The number of aromatic nitrogens is 2. The number of aliphatic imine (C=N–C) groups is 1. The molecule has 13 nitrogen and oxygen atoms in total. The summed E-state index contributed by atoms with van der Waals surface area (Å²) in [6.07, 6.45) is 2.15. The Balaban J connectivity index is 2.67. The average molecular weight is 412 g/mol. The summed E-state index contributed by atoms with van der Waals surface area (Å²) in [6.45, 7) is 1.58. The molecule has 1 aromatic rings. The third kappa shape index (κ3) is 8.57. The van der Waals surface area contributed by atoms with Crippen molar-refractivity contribution in [1.82, 2.24) is 20.6 Å². The van der Waals surface area contributed by atoms with Crippen molar-refractivity contribution in [2.45, 2.75) is 50.4 Å². The van der Waals surface area contributed by atoms with E-state index in [-0.39, 0.29) is 25.3 Å². The summed E-state index contributed by atoms with van der Waals surface area (Å²) in [7, 11) is 0. The van der Waals surface area contributed by atoms with E-state index in [9.17, 15) is 24.6 Å². The number of nitrogens with zero attached hydrogens (tertiary/aromatic N) is 2. The largest absolute Gasteiger partial charge is 0.480 e. The molecule has 2 amide bonds. The van der Waals surface area contributed by atoms with Crippen LogP contribution in [0.1, 0.15) is 25.5 Å². The smallest absolute Gasteiger partial charge is 0.326 e. The Labute approximate surface area is 167 Å². The molecular formula is C16H28N8O5. The second kappa shape index (κ2) is 11.6. The number of carbonyl (C=O) groups is 3. The molecule has 0 saturated carbocycles. The van der Waals surface area contributed by atoms with Crippen LogP contribution in [0.3, 0.4) is 0 Å². The van der Waals surface area contributed by atoms with Gasteiger partial charge in [-0.1, -0.05) is 0 Å². The predicted octanol–water partition coefficient (Wildman–Crippen LogP) is -3.23. The van der Waals surface area contributed by atoms with Gasteiger partial charge < -0.3 is 43.0 Å². The lowest BCUT2D eigenvalue weighted by atomic mass is 10.1. The fourth-order valence-corrected chi connectivity index (χ4v) is 2.39. The number of carbonyl (C=O) groups excluding carboxylic acids is 2. The maximum absolute atomic E-state index is 12.5. The number of H-pyrrole nitrogens is 1. The van der Waals surface area contributed by atoms with Crippen molar-refractivity contribution in [2.75, 3.05) is 6.54 Å². The molecule has 11 N–H and O–H groups in total. The minimum atomic E-state index is -1.38. The van der Waals surface area contributed by atoms with Crippen LogP contribution < -0.4 is 27.8 Å². The van der Waals surface area contributed by atoms with Crippen LogP contribution in [0, 0.1) is 0 Å². The Kier molecular flexibility index (Phi) is 9.55. The first kappa shape index (κ1) is 23.8. The van der Waals surface area contributed by atoms with E-state index in [2.05, 4.69) is 25.6 Å². The lowest BCUT2D eigenvalue weighted by molar-refractivity contribution is -0.142. The fraction of sp³-hybridized carbons (Fsp3) is 0.562. The summed E-state index contributed by atoms with van der Waals surface area (Å²) in [5.41, 5.74) is 16.7. The van der Waals surface area contributed by atoms with Gasteiger partial charge in [0.2, 0.25) is 11.8 Å². The number of carboxylic acids is 1. The summed E-state index contributed by atoms with van der Waals surface area (Å²) in [4.78, 5) is 46.4. The molecule has 1 heterocycles. The number of guanidine groups is 1. The molecule has 0 aliphatic heterocycles. The van der Waals surface area contributed by atoms with Crippen molar-refractivity contribution in [3.8, 4) is 0 Å². The van der Waals surface area contributed by atoms with Gasteiger partial charge >= 0.3 is 5.97 Å². The number of nitrogens with one attached hydrogen (secondary N) is 3. The topological polar surface area (TPSA) is 235 Å². The van der Waals surface area contributed by atoms with Crippen molar-refractivity contribution in [3.05, 3.63) is 18.2 Å². The monoisotopic (exact) mass is 412 g/mol. The molecule has 4 unspecified atom stereocenters. The van der Waals surface area contributed by atoms with E-state index in [1.807, 2.05) is 0 Å². The molecule has 0 saturated heterocycles. The Bertz CT molecular complexity index is 702. The van der Waals surface area contributed by atoms with Crippen molar-refractivity contribution < 1.29 is 24.6 Å². The van der Waals surface area contributed by atoms with Crippen LogP contribution in [-0.4, -0.2) is 74.7 Å². The van der Waals surface area contributed by atoms with Gasteiger partial charge in [-0.15, -0.1) is 0 Å². The van der Waals surface area contributed by atoms with Crippen LogP contribution >= 0.6 is 0 Å². The molecule has 0 spiro atoms. The molecule has 4 atom stereocenters. The van der Waals surface area contributed by atoms with Crippen molar-refractivity contribution in [1.29, 1.82) is 0 Å². The number of aliphatic hydroxyl groups is 1. The standard InChI is InChI=1S/C16H28N8O5/c1-8(25)12(24-13(26)10(17)3-2-4-21-16(18)19)14(27)23-11(15(28)29)5-9-6-20-7-22-9/h6-8,10-12,25H,2-5,17H2,1H3,(H,20,22)(H,23,27)(H,24,26)(H,28,29)(H4,18,19,21). The molecule has 0 radical (unpaired) electrons.